The third-order valence-corrected chi connectivity index (χ3v) is 4.87. The Morgan fingerprint density at radius 3 is 2.47 bits per heavy atom. The number of esters is 1. The quantitative estimate of drug-likeness (QED) is 0.469. The summed E-state index contributed by atoms with van der Waals surface area (Å²) in [6, 6.07) is 12.4. The van der Waals surface area contributed by atoms with Gasteiger partial charge in [0.2, 0.25) is 0 Å². The summed E-state index contributed by atoms with van der Waals surface area (Å²) in [4.78, 5) is 51.0. The summed E-state index contributed by atoms with van der Waals surface area (Å²) >= 11 is 0. The second-order valence-electron chi connectivity index (χ2n) is 7.08. The number of halogens is 1. The predicted molar refractivity (Wildman–Crippen MR) is 109 cm³/mol. The first-order valence-electron chi connectivity index (χ1n) is 9.63. The van der Waals surface area contributed by atoms with Crippen molar-refractivity contribution in [2.24, 2.45) is 0 Å². The van der Waals surface area contributed by atoms with E-state index in [0.717, 1.165) is 4.90 Å². The van der Waals surface area contributed by atoms with Gasteiger partial charge in [0, 0.05) is 5.69 Å². The van der Waals surface area contributed by atoms with Gasteiger partial charge in [-0.2, -0.15) is 0 Å². The van der Waals surface area contributed by atoms with Gasteiger partial charge in [0.05, 0.1) is 29.5 Å². The highest BCUT2D eigenvalue weighted by Crippen LogP contribution is 2.26. The van der Waals surface area contributed by atoms with Gasteiger partial charge in [-0.1, -0.05) is 0 Å². The fourth-order valence-corrected chi connectivity index (χ4v) is 3.18. The van der Waals surface area contributed by atoms with Crippen molar-refractivity contribution in [1.82, 2.24) is 4.90 Å². The van der Waals surface area contributed by atoms with Crippen LogP contribution in [0.1, 0.15) is 43.8 Å². The van der Waals surface area contributed by atoms with Gasteiger partial charge in [0.1, 0.15) is 11.6 Å². The molecule has 162 valence electrons. The van der Waals surface area contributed by atoms with Crippen LogP contribution in [0.15, 0.2) is 65.3 Å². The van der Waals surface area contributed by atoms with Crippen LogP contribution in [0.4, 0.5) is 10.1 Å². The van der Waals surface area contributed by atoms with Gasteiger partial charge >= 0.3 is 5.97 Å². The molecule has 0 aliphatic carbocycles. The molecule has 1 N–H and O–H groups in total. The molecule has 0 saturated carbocycles. The molecule has 3 aromatic rings. The van der Waals surface area contributed by atoms with Crippen molar-refractivity contribution in [3.63, 3.8) is 0 Å². The standard InChI is InChI=1S/C23H17FN2O6/c1-13(20(27)25-16-7-5-15(24)6-8-16)32-23(30)14-4-9-18-19(11-14)22(29)26(21(18)28)12-17-3-2-10-31-17/h2-11,13H,12H2,1H3,(H,25,27). The minimum atomic E-state index is -1.16. The molecule has 4 rings (SSSR count). The van der Waals surface area contributed by atoms with E-state index >= 15 is 0 Å². The Labute approximate surface area is 181 Å². The van der Waals surface area contributed by atoms with Gasteiger partial charge in [0.15, 0.2) is 6.10 Å². The molecule has 2 heterocycles. The Hall–Kier alpha value is -4.27. The number of ether oxygens (including phenoxy) is 1. The Morgan fingerprint density at radius 2 is 1.78 bits per heavy atom. The van der Waals surface area contributed by atoms with Crippen LogP contribution in [-0.2, 0) is 16.1 Å². The fourth-order valence-electron chi connectivity index (χ4n) is 3.18. The van der Waals surface area contributed by atoms with Gasteiger partial charge < -0.3 is 14.5 Å². The van der Waals surface area contributed by atoms with Crippen molar-refractivity contribution in [3.05, 3.63) is 89.1 Å². The maximum Gasteiger partial charge on any atom is 0.338 e. The highest BCUT2D eigenvalue weighted by Gasteiger charge is 2.36. The lowest BCUT2D eigenvalue weighted by Crippen LogP contribution is -2.30. The van der Waals surface area contributed by atoms with Gasteiger partial charge in [-0.3, -0.25) is 19.3 Å². The number of furan rings is 1. The van der Waals surface area contributed by atoms with Crippen molar-refractivity contribution >= 4 is 29.4 Å². The molecule has 1 atom stereocenters. The molecular formula is C23H17FN2O6. The van der Waals surface area contributed by atoms with Crippen LogP contribution in [-0.4, -0.2) is 34.7 Å². The SMILES string of the molecule is CC(OC(=O)c1ccc2c(c1)C(=O)N(Cc1ccco1)C2=O)C(=O)Nc1ccc(F)cc1. The lowest BCUT2D eigenvalue weighted by Gasteiger charge is -2.14. The summed E-state index contributed by atoms with van der Waals surface area (Å²) in [6.07, 6.45) is 0.281. The maximum atomic E-state index is 13.0. The molecule has 9 heteroatoms. The number of hydrogen-bond donors (Lipinski definition) is 1. The van der Waals surface area contributed by atoms with Crippen LogP contribution in [0.2, 0.25) is 0 Å². The molecule has 2 aromatic carbocycles. The van der Waals surface area contributed by atoms with Gasteiger partial charge in [-0.05, 0) is 61.5 Å². The number of rotatable bonds is 6. The monoisotopic (exact) mass is 436 g/mol. The van der Waals surface area contributed by atoms with Crippen LogP contribution in [0, 0.1) is 5.82 Å². The van der Waals surface area contributed by atoms with E-state index < -0.39 is 35.6 Å². The number of carbonyl (C=O) groups excluding carboxylic acids is 4. The van der Waals surface area contributed by atoms with Crippen molar-refractivity contribution in [1.29, 1.82) is 0 Å². The zero-order valence-corrected chi connectivity index (χ0v) is 16.8. The Morgan fingerprint density at radius 1 is 1.06 bits per heavy atom. The maximum absolute atomic E-state index is 13.0. The van der Waals surface area contributed by atoms with Gasteiger partial charge in [-0.25, -0.2) is 9.18 Å². The lowest BCUT2D eigenvalue weighted by atomic mass is 10.1. The number of imide groups is 1. The highest BCUT2D eigenvalue weighted by molar-refractivity contribution is 6.21. The Bertz CT molecular complexity index is 1200. The van der Waals surface area contributed by atoms with E-state index in [1.165, 1.54) is 55.7 Å². The molecule has 0 spiro atoms. The van der Waals surface area contributed by atoms with E-state index in [4.69, 9.17) is 9.15 Å². The third kappa shape index (κ3) is 4.13. The normalized spacial score (nSPS) is 13.6. The number of hydrogen-bond acceptors (Lipinski definition) is 6. The molecule has 32 heavy (non-hydrogen) atoms. The first-order valence-corrected chi connectivity index (χ1v) is 9.63. The van der Waals surface area contributed by atoms with Crippen molar-refractivity contribution in [2.45, 2.75) is 19.6 Å². The van der Waals surface area contributed by atoms with Crippen LogP contribution < -0.4 is 5.32 Å². The van der Waals surface area contributed by atoms with Crippen LogP contribution in [0.3, 0.4) is 0 Å². The molecule has 3 amide bonds. The number of anilines is 1. The second kappa shape index (κ2) is 8.46. The first kappa shape index (κ1) is 21.0. The largest absolute Gasteiger partial charge is 0.467 e. The topological polar surface area (TPSA) is 106 Å². The van der Waals surface area contributed by atoms with Crippen molar-refractivity contribution < 1.29 is 32.7 Å². The predicted octanol–water partition coefficient (Wildman–Crippen LogP) is 3.40. The Kier molecular flexibility index (Phi) is 5.55. The molecule has 1 aromatic heterocycles. The summed E-state index contributed by atoms with van der Waals surface area (Å²) in [7, 11) is 0. The smallest absolute Gasteiger partial charge is 0.338 e. The first-order chi connectivity index (χ1) is 15.3. The van der Waals surface area contributed by atoms with E-state index in [0.29, 0.717) is 11.4 Å². The van der Waals surface area contributed by atoms with E-state index in [1.807, 2.05) is 0 Å². The summed E-state index contributed by atoms with van der Waals surface area (Å²) in [5, 5.41) is 2.51. The summed E-state index contributed by atoms with van der Waals surface area (Å²) < 4.78 is 23.3. The Balaban J connectivity index is 1.44. The second-order valence-corrected chi connectivity index (χ2v) is 7.08. The van der Waals surface area contributed by atoms with E-state index in [2.05, 4.69) is 5.32 Å². The van der Waals surface area contributed by atoms with Crippen molar-refractivity contribution in [3.8, 4) is 0 Å². The van der Waals surface area contributed by atoms with E-state index in [-0.39, 0.29) is 23.2 Å². The molecule has 1 aliphatic heterocycles. The molecule has 0 bridgehead atoms. The summed E-state index contributed by atoms with van der Waals surface area (Å²) in [5.41, 5.74) is 0.600. The summed E-state index contributed by atoms with van der Waals surface area (Å²) in [5.74, 6) is -2.50. The van der Waals surface area contributed by atoms with Gasteiger partial charge in [0.25, 0.3) is 17.7 Å². The number of amides is 3. The van der Waals surface area contributed by atoms with E-state index in [1.54, 1.807) is 12.1 Å². The number of carbonyl (C=O) groups is 4. The third-order valence-electron chi connectivity index (χ3n) is 4.87. The molecule has 1 aliphatic rings. The van der Waals surface area contributed by atoms with Gasteiger partial charge in [-0.15, -0.1) is 0 Å². The number of benzene rings is 2. The molecule has 1 unspecified atom stereocenters. The van der Waals surface area contributed by atoms with Crippen molar-refractivity contribution in [2.75, 3.05) is 5.32 Å². The molecule has 0 saturated heterocycles. The average Bonchev–Trinajstić information content (AvgIpc) is 3.38. The van der Waals surface area contributed by atoms with Crippen LogP contribution >= 0.6 is 0 Å². The lowest BCUT2D eigenvalue weighted by molar-refractivity contribution is -0.123. The number of nitrogens with one attached hydrogen (secondary N) is 1. The van der Waals surface area contributed by atoms with E-state index in [9.17, 15) is 23.6 Å². The summed E-state index contributed by atoms with van der Waals surface area (Å²) in [6.45, 7) is 1.35. The molecular weight excluding hydrogens is 419 g/mol. The minimum Gasteiger partial charge on any atom is -0.467 e. The zero-order chi connectivity index (χ0) is 22.8. The number of fused-ring (bicyclic) bond motifs is 1. The fraction of sp³-hybridized carbons (Fsp3) is 0.130. The van der Waals surface area contributed by atoms with Crippen LogP contribution in [0.5, 0.6) is 0 Å². The molecule has 0 radical (unpaired) electrons. The minimum absolute atomic E-state index is 0.0196. The zero-order valence-electron chi connectivity index (χ0n) is 16.8. The molecule has 0 fully saturated rings. The number of nitrogens with zero attached hydrogens (tertiary/aromatic N) is 1. The average molecular weight is 436 g/mol. The molecule has 8 nitrogen and oxygen atoms in total. The highest BCUT2D eigenvalue weighted by atomic mass is 19.1. The van der Waals surface area contributed by atoms with Crippen LogP contribution in [0.25, 0.3) is 0 Å².